The number of Topliss-reactive ketones (excluding diaryl/α,β-unsaturated/α-hetero) is 1. The van der Waals surface area contributed by atoms with Crippen molar-refractivity contribution in [1.82, 2.24) is 4.98 Å². The van der Waals surface area contributed by atoms with Crippen molar-refractivity contribution in [3.8, 4) is 0 Å². The third-order valence-electron chi connectivity index (χ3n) is 2.81. The number of nitrogens with zero attached hydrogens (tertiary/aromatic N) is 1. The van der Waals surface area contributed by atoms with Crippen molar-refractivity contribution < 1.29 is 9.53 Å². The molecule has 0 bridgehead atoms. The second-order valence-corrected chi connectivity index (χ2v) is 4.14. The van der Waals surface area contributed by atoms with E-state index in [9.17, 15) is 4.79 Å². The van der Waals surface area contributed by atoms with Crippen LogP contribution in [0.2, 0.25) is 0 Å². The van der Waals surface area contributed by atoms with Gasteiger partial charge in [-0.1, -0.05) is 18.2 Å². The van der Waals surface area contributed by atoms with Gasteiger partial charge < -0.3 is 4.74 Å². The molecule has 1 aromatic heterocycles. The summed E-state index contributed by atoms with van der Waals surface area (Å²) < 4.78 is 5.22. The van der Waals surface area contributed by atoms with Crippen LogP contribution in [-0.2, 0) is 4.74 Å². The standard InChI is InChI=1S/C15H17NO2/c1-2-18-9-5-8-15(17)13-10-12-6-3-4-7-14(12)16-11-13/h3-4,6-7,10-11H,2,5,8-9H2,1H3. The highest BCUT2D eigenvalue weighted by atomic mass is 16.5. The molecule has 0 N–H and O–H groups in total. The molecule has 1 heterocycles. The lowest BCUT2D eigenvalue weighted by Gasteiger charge is -2.03. The van der Waals surface area contributed by atoms with Gasteiger partial charge in [0.05, 0.1) is 5.52 Å². The number of aromatic nitrogens is 1. The van der Waals surface area contributed by atoms with Crippen LogP contribution in [0.25, 0.3) is 10.9 Å². The summed E-state index contributed by atoms with van der Waals surface area (Å²) in [5, 5.41) is 1.01. The summed E-state index contributed by atoms with van der Waals surface area (Å²) in [6, 6.07) is 9.72. The lowest BCUT2D eigenvalue weighted by molar-refractivity contribution is 0.0947. The van der Waals surface area contributed by atoms with Crippen LogP contribution in [0.3, 0.4) is 0 Å². The lowest BCUT2D eigenvalue weighted by atomic mass is 10.1. The number of hydrogen-bond acceptors (Lipinski definition) is 3. The molecule has 0 fully saturated rings. The first-order valence-electron chi connectivity index (χ1n) is 6.27. The van der Waals surface area contributed by atoms with Crippen LogP contribution in [0.1, 0.15) is 30.1 Å². The highest BCUT2D eigenvalue weighted by Crippen LogP contribution is 2.14. The highest BCUT2D eigenvalue weighted by molar-refractivity contribution is 5.98. The van der Waals surface area contributed by atoms with E-state index in [1.807, 2.05) is 37.3 Å². The van der Waals surface area contributed by atoms with Crippen LogP contribution in [0.4, 0.5) is 0 Å². The summed E-state index contributed by atoms with van der Waals surface area (Å²) in [4.78, 5) is 16.3. The van der Waals surface area contributed by atoms with E-state index in [0.29, 0.717) is 25.2 Å². The largest absolute Gasteiger partial charge is 0.382 e. The molecule has 0 saturated heterocycles. The topological polar surface area (TPSA) is 39.2 Å². The van der Waals surface area contributed by atoms with Crippen molar-refractivity contribution in [2.24, 2.45) is 0 Å². The van der Waals surface area contributed by atoms with E-state index < -0.39 is 0 Å². The maximum absolute atomic E-state index is 12.0. The van der Waals surface area contributed by atoms with Gasteiger partial charge in [-0.3, -0.25) is 9.78 Å². The predicted octanol–water partition coefficient (Wildman–Crippen LogP) is 3.23. The molecule has 1 aromatic carbocycles. The molecule has 0 aliphatic carbocycles. The summed E-state index contributed by atoms with van der Waals surface area (Å²) in [6.07, 6.45) is 2.94. The molecule has 3 heteroatoms. The van der Waals surface area contributed by atoms with Crippen LogP contribution in [0.5, 0.6) is 0 Å². The molecule has 0 amide bonds. The number of benzene rings is 1. The van der Waals surface area contributed by atoms with Crippen LogP contribution < -0.4 is 0 Å². The molecule has 0 atom stereocenters. The van der Waals surface area contributed by atoms with Gasteiger partial charge in [-0.05, 0) is 25.5 Å². The fraction of sp³-hybridized carbons (Fsp3) is 0.333. The number of ether oxygens (including phenoxy) is 1. The van der Waals surface area contributed by atoms with E-state index >= 15 is 0 Å². The SMILES string of the molecule is CCOCCCC(=O)c1cnc2ccccc2c1. The molecule has 0 aliphatic rings. The summed E-state index contributed by atoms with van der Waals surface area (Å²) in [5.74, 6) is 0.132. The van der Waals surface area contributed by atoms with Gasteiger partial charge in [0.2, 0.25) is 0 Å². The number of para-hydroxylation sites is 1. The molecular weight excluding hydrogens is 226 g/mol. The van der Waals surface area contributed by atoms with Gasteiger partial charge in [-0.15, -0.1) is 0 Å². The van der Waals surface area contributed by atoms with Gasteiger partial charge in [-0.25, -0.2) is 0 Å². The Morgan fingerprint density at radius 3 is 3.00 bits per heavy atom. The summed E-state index contributed by atoms with van der Waals surface area (Å²) >= 11 is 0. The Labute approximate surface area is 107 Å². The van der Waals surface area contributed by atoms with Gasteiger partial charge in [0.15, 0.2) is 5.78 Å². The number of pyridine rings is 1. The monoisotopic (exact) mass is 243 g/mol. The summed E-state index contributed by atoms with van der Waals surface area (Å²) in [7, 11) is 0. The van der Waals surface area contributed by atoms with Crippen molar-refractivity contribution in [3.05, 3.63) is 42.1 Å². The quantitative estimate of drug-likeness (QED) is 0.577. The average Bonchev–Trinajstić information content (AvgIpc) is 2.43. The molecule has 18 heavy (non-hydrogen) atoms. The van der Waals surface area contributed by atoms with E-state index in [1.165, 1.54) is 0 Å². The van der Waals surface area contributed by atoms with Crippen LogP contribution in [-0.4, -0.2) is 24.0 Å². The molecule has 0 spiro atoms. The number of hydrogen-bond donors (Lipinski definition) is 0. The molecule has 0 unspecified atom stereocenters. The number of carbonyl (C=O) groups is 1. The molecule has 94 valence electrons. The zero-order chi connectivity index (χ0) is 12.8. The Morgan fingerprint density at radius 2 is 2.17 bits per heavy atom. The predicted molar refractivity (Wildman–Crippen MR) is 71.8 cm³/mol. The Morgan fingerprint density at radius 1 is 1.33 bits per heavy atom. The minimum atomic E-state index is 0.132. The molecule has 0 saturated carbocycles. The zero-order valence-corrected chi connectivity index (χ0v) is 10.6. The number of carbonyl (C=O) groups excluding carboxylic acids is 1. The first-order valence-corrected chi connectivity index (χ1v) is 6.27. The van der Waals surface area contributed by atoms with Crippen LogP contribution in [0, 0.1) is 0 Å². The first kappa shape index (κ1) is 12.7. The molecule has 0 radical (unpaired) electrons. The van der Waals surface area contributed by atoms with Crippen molar-refractivity contribution >= 4 is 16.7 Å². The Kier molecular flexibility index (Phi) is 4.42. The van der Waals surface area contributed by atoms with Crippen molar-refractivity contribution in [1.29, 1.82) is 0 Å². The smallest absolute Gasteiger partial charge is 0.164 e. The highest BCUT2D eigenvalue weighted by Gasteiger charge is 2.07. The minimum Gasteiger partial charge on any atom is -0.382 e. The number of rotatable bonds is 6. The molecular formula is C15H17NO2. The summed E-state index contributed by atoms with van der Waals surface area (Å²) in [5.41, 5.74) is 1.61. The van der Waals surface area contributed by atoms with Crippen molar-refractivity contribution in [2.45, 2.75) is 19.8 Å². The van der Waals surface area contributed by atoms with Gasteiger partial charge in [-0.2, -0.15) is 0 Å². The fourth-order valence-electron chi connectivity index (χ4n) is 1.85. The Balaban J connectivity index is 2.04. The maximum Gasteiger partial charge on any atom is 0.164 e. The van der Waals surface area contributed by atoms with Crippen LogP contribution in [0.15, 0.2) is 36.5 Å². The normalized spacial score (nSPS) is 10.7. The summed E-state index contributed by atoms with van der Waals surface area (Å²) in [6.45, 7) is 3.30. The first-order chi connectivity index (χ1) is 8.81. The minimum absolute atomic E-state index is 0.132. The lowest BCUT2D eigenvalue weighted by Crippen LogP contribution is -2.03. The number of fused-ring (bicyclic) bond motifs is 1. The van der Waals surface area contributed by atoms with E-state index in [4.69, 9.17) is 4.74 Å². The third kappa shape index (κ3) is 3.14. The van der Waals surface area contributed by atoms with Gasteiger partial charge in [0.1, 0.15) is 0 Å². The maximum atomic E-state index is 12.0. The molecule has 3 nitrogen and oxygen atoms in total. The van der Waals surface area contributed by atoms with E-state index in [1.54, 1.807) is 6.20 Å². The van der Waals surface area contributed by atoms with Gasteiger partial charge in [0.25, 0.3) is 0 Å². The average molecular weight is 243 g/mol. The van der Waals surface area contributed by atoms with E-state index in [-0.39, 0.29) is 5.78 Å². The Hall–Kier alpha value is -1.74. The van der Waals surface area contributed by atoms with Gasteiger partial charge >= 0.3 is 0 Å². The van der Waals surface area contributed by atoms with Crippen molar-refractivity contribution in [2.75, 3.05) is 13.2 Å². The Bertz CT molecular complexity index is 537. The third-order valence-corrected chi connectivity index (χ3v) is 2.81. The second-order valence-electron chi connectivity index (χ2n) is 4.14. The zero-order valence-electron chi connectivity index (χ0n) is 10.6. The molecule has 2 rings (SSSR count). The fourth-order valence-corrected chi connectivity index (χ4v) is 1.85. The van der Waals surface area contributed by atoms with Gasteiger partial charge in [0, 0.05) is 36.8 Å². The van der Waals surface area contributed by atoms with Crippen molar-refractivity contribution in [3.63, 3.8) is 0 Å². The van der Waals surface area contributed by atoms with E-state index in [2.05, 4.69) is 4.98 Å². The van der Waals surface area contributed by atoms with Crippen LogP contribution >= 0.6 is 0 Å². The molecule has 0 aliphatic heterocycles. The molecule has 2 aromatic rings. The second kappa shape index (κ2) is 6.26. The number of ketones is 1. The van der Waals surface area contributed by atoms with E-state index in [0.717, 1.165) is 17.3 Å².